The summed E-state index contributed by atoms with van der Waals surface area (Å²) in [5, 5.41) is 21.2. The molecule has 2 aliphatic heterocycles. The van der Waals surface area contributed by atoms with Gasteiger partial charge in [-0.1, -0.05) is 57.5 Å². The van der Waals surface area contributed by atoms with E-state index in [4.69, 9.17) is 26.5 Å². The quantitative estimate of drug-likeness (QED) is 0.0981. The molecule has 2 saturated heterocycles. The van der Waals surface area contributed by atoms with Gasteiger partial charge in [-0.05, 0) is 62.0 Å². The Morgan fingerprint density at radius 3 is 2.23 bits per heavy atom. The van der Waals surface area contributed by atoms with Crippen LogP contribution in [0.15, 0.2) is 61.2 Å². The van der Waals surface area contributed by atoms with Gasteiger partial charge in [0.15, 0.2) is 5.82 Å². The number of benzene rings is 2. The molecule has 4 heterocycles. The van der Waals surface area contributed by atoms with Gasteiger partial charge in [0.25, 0.3) is 12.4 Å². The summed E-state index contributed by atoms with van der Waals surface area (Å²) in [5.74, 6) is -0.147. The Labute approximate surface area is 308 Å². The second-order valence-corrected chi connectivity index (χ2v) is 14.5. The number of rotatable bonds is 10. The highest BCUT2D eigenvalue weighted by atomic mass is 35.5. The fourth-order valence-electron chi connectivity index (χ4n) is 5.24. The van der Waals surface area contributed by atoms with E-state index in [1.54, 1.807) is 30.3 Å². The number of nitrogens with one attached hydrogen (secondary N) is 3. The van der Waals surface area contributed by atoms with E-state index in [1.807, 2.05) is 14.1 Å². The van der Waals surface area contributed by atoms with E-state index >= 15 is 0 Å². The van der Waals surface area contributed by atoms with E-state index < -0.39 is 18.5 Å². The minimum atomic E-state index is -2.76. The van der Waals surface area contributed by atoms with E-state index in [0.717, 1.165) is 24.5 Å². The summed E-state index contributed by atoms with van der Waals surface area (Å²) in [6, 6.07) is 10.2. The molecule has 2 fully saturated rings. The van der Waals surface area contributed by atoms with Crippen molar-refractivity contribution in [1.82, 2.24) is 40.1 Å². The van der Waals surface area contributed by atoms with Crippen molar-refractivity contribution in [3.63, 3.8) is 0 Å². The molecule has 1 atom stereocenters. The molecule has 13 nitrogen and oxygen atoms in total. The third-order valence-corrected chi connectivity index (χ3v) is 7.70. The van der Waals surface area contributed by atoms with Crippen molar-refractivity contribution in [1.29, 1.82) is 5.41 Å². The summed E-state index contributed by atoms with van der Waals surface area (Å²) in [5.41, 5.74) is 3.42. The Hall–Kier alpha value is -4.57. The van der Waals surface area contributed by atoms with Crippen molar-refractivity contribution in [2.24, 2.45) is 10.8 Å². The third kappa shape index (κ3) is 12.0. The number of nitrogens with zero attached hydrogens (tertiary/aromatic N) is 6. The number of aromatic amines is 1. The minimum absolute atomic E-state index is 0.226. The van der Waals surface area contributed by atoms with E-state index in [-0.39, 0.29) is 18.6 Å². The number of amides is 1. The van der Waals surface area contributed by atoms with Crippen LogP contribution in [-0.4, -0.2) is 108 Å². The van der Waals surface area contributed by atoms with Crippen molar-refractivity contribution >= 4 is 30.3 Å². The van der Waals surface area contributed by atoms with Crippen LogP contribution < -0.4 is 5.32 Å². The van der Waals surface area contributed by atoms with Crippen molar-refractivity contribution < 1.29 is 27.8 Å². The maximum Gasteiger partial charge on any atom is 0.333 e. The SMILES string of the molecule is CC(C)(C)C.CN1CC2(COC2)C1.CNC.N=CN(C(=O)c1ccc(-c2cnn(C(F)F)c2)cc1)C(COC=O)c1ccc(Cl)c(-c2ncn[nH]2)c1. The lowest BCUT2D eigenvalue weighted by molar-refractivity contribution is -0.182. The van der Waals surface area contributed by atoms with Gasteiger partial charge in [-0.2, -0.15) is 19.0 Å². The summed E-state index contributed by atoms with van der Waals surface area (Å²) in [6.45, 7) is 10.5. The number of hydrogen-bond acceptors (Lipinski definition) is 10. The molecule has 282 valence electrons. The number of ether oxygens (including phenoxy) is 2. The molecule has 3 N–H and O–H groups in total. The Morgan fingerprint density at radius 2 is 1.79 bits per heavy atom. The normalized spacial score (nSPS) is 14.9. The topological polar surface area (TPSA) is 154 Å². The smallest absolute Gasteiger partial charge is 0.333 e. The summed E-state index contributed by atoms with van der Waals surface area (Å²) in [6.07, 6.45) is 4.66. The average molecular weight is 744 g/mol. The number of H-pyrrole nitrogens is 1. The van der Waals surface area contributed by atoms with Crippen molar-refractivity contribution in [2.45, 2.75) is 40.3 Å². The first-order valence-electron chi connectivity index (χ1n) is 16.5. The highest BCUT2D eigenvalue weighted by Crippen LogP contribution is 2.36. The molecule has 0 bridgehead atoms. The molecule has 6 rings (SSSR count). The standard InChI is InChI=1S/C23H18ClF2N7O3.C6H11NO.C5H12.C2H7N/c24-19-6-5-16(7-18(19)21-28-12-29-31-21)20(10-36-13-34)32(11-27)22(35)15-3-1-14(2-4-15)17-8-30-33(9-17)23(25)26;1-7-2-6(3-7)4-8-5-6;1-5(2,3)4;1-3-2/h1-9,11-13,20,23,27H,10H2,(H,28,29,31);2-5H2,1H3;1-4H3;3H,1-2H3. The van der Waals surface area contributed by atoms with Gasteiger partial charge in [0.1, 0.15) is 12.9 Å². The van der Waals surface area contributed by atoms with Crippen molar-refractivity contribution in [3.05, 3.63) is 77.3 Å². The molecular formula is C36H48ClF2N9O4. The van der Waals surface area contributed by atoms with E-state index in [0.29, 0.717) is 48.6 Å². The van der Waals surface area contributed by atoms with Crippen LogP contribution in [0.3, 0.4) is 0 Å². The van der Waals surface area contributed by atoms with Crippen molar-refractivity contribution in [2.75, 3.05) is 54.1 Å². The highest BCUT2D eigenvalue weighted by Gasteiger charge is 2.47. The van der Waals surface area contributed by atoms with Gasteiger partial charge in [-0.3, -0.25) is 25.0 Å². The van der Waals surface area contributed by atoms with Gasteiger partial charge in [-0.15, -0.1) is 0 Å². The molecule has 52 heavy (non-hydrogen) atoms. The third-order valence-electron chi connectivity index (χ3n) is 7.37. The monoisotopic (exact) mass is 743 g/mol. The molecule has 0 saturated carbocycles. The maximum atomic E-state index is 13.3. The first kappa shape index (κ1) is 41.8. The summed E-state index contributed by atoms with van der Waals surface area (Å²) < 4.78 is 36.2. The second kappa shape index (κ2) is 19.3. The van der Waals surface area contributed by atoms with Gasteiger partial charge in [0, 0.05) is 41.4 Å². The molecule has 0 radical (unpaired) electrons. The van der Waals surface area contributed by atoms with Crippen LogP contribution in [0.2, 0.25) is 5.02 Å². The lowest BCUT2D eigenvalue weighted by atomic mass is 9.79. The molecule has 4 aromatic rings. The fourth-order valence-corrected chi connectivity index (χ4v) is 5.45. The molecule has 2 aromatic heterocycles. The van der Waals surface area contributed by atoms with Gasteiger partial charge in [0.05, 0.1) is 36.8 Å². The predicted octanol–water partition coefficient (Wildman–Crippen LogP) is 6.18. The number of carbonyl (C=O) groups excluding carboxylic acids is 2. The zero-order valence-corrected chi connectivity index (χ0v) is 31.3. The Balaban J connectivity index is 0.000000374. The number of hydrogen-bond donors (Lipinski definition) is 3. The van der Waals surface area contributed by atoms with E-state index in [2.05, 4.69) is 65.2 Å². The van der Waals surface area contributed by atoms with Crippen LogP contribution in [0, 0.1) is 16.2 Å². The highest BCUT2D eigenvalue weighted by molar-refractivity contribution is 6.33. The molecule has 1 unspecified atom stereocenters. The van der Waals surface area contributed by atoms with Gasteiger partial charge in [-0.25, -0.2) is 9.67 Å². The van der Waals surface area contributed by atoms with Crippen LogP contribution in [0.25, 0.3) is 22.5 Å². The lowest BCUT2D eigenvalue weighted by Gasteiger charge is -2.53. The molecular weight excluding hydrogens is 696 g/mol. The molecule has 0 aliphatic carbocycles. The summed E-state index contributed by atoms with van der Waals surface area (Å²) >= 11 is 6.30. The van der Waals surface area contributed by atoms with Crippen LogP contribution in [0.5, 0.6) is 0 Å². The Bertz CT molecular complexity index is 1700. The van der Waals surface area contributed by atoms with Gasteiger partial charge >= 0.3 is 6.55 Å². The molecule has 2 aliphatic rings. The lowest BCUT2D eigenvalue weighted by Crippen LogP contribution is -2.64. The molecule has 2 aromatic carbocycles. The first-order valence-corrected chi connectivity index (χ1v) is 16.8. The summed E-state index contributed by atoms with van der Waals surface area (Å²) in [7, 11) is 5.91. The zero-order valence-electron chi connectivity index (χ0n) is 30.6. The van der Waals surface area contributed by atoms with Crippen LogP contribution >= 0.6 is 11.6 Å². The number of alkyl halides is 2. The average Bonchev–Trinajstić information content (AvgIpc) is 3.78. The number of likely N-dealkylation sites (tertiary alicyclic amines) is 1. The number of halogens is 3. The van der Waals surface area contributed by atoms with Gasteiger partial charge in [0.2, 0.25) is 0 Å². The minimum Gasteiger partial charge on any atom is -0.465 e. The Morgan fingerprint density at radius 1 is 1.15 bits per heavy atom. The molecule has 16 heteroatoms. The van der Waals surface area contributed by atoms with E-state index in [9.17, 15) is 18.4 Å². The number of carbonyl (C=O) groups is 2. The summed E-state index contributed by atoms with van der Waals surface area (Å²) in [4.78, 5) is 31.8. The predicted molar refractivity (Wildman–Crippen MR) is 196 cm³/mol. The molecule has 1 spiro atoms. The number of aromatic nitrogens is 5. The Kier molecular flexibility index (Phi) is 15.5. The van der Waals surface area contributed by atoms with Crippen LogP contribution in [0.4, 0.5) is 8.78 Å². The van der Waals surface area contributed by atoms with Gasteiger partial charge < -0.3 is 19.7 Å². The first-order chi connectivity index (χ1) is 24.6. The van der Waals surface area contributed by atoms with Crippen LogP contribution in [0.1, 0.15) is 56.2 Å². The zero-order chi connectivity index (χ0) is 38.5. The largest absolute Gasteiger partial charge is 0.465 e. The van der Waals surface area contributed by atoms with E-state index in [1.165, 1.54) is 43.9 Å². The second-order valence-electron chi connectivity index (χ2n) is 14.1. The van der Waals surface area contributed by atoms with Crippen LogP contribution in [-0.2, 0) is 14.3 Å². The van der Waals surface area contributed by atoms with Crippen molar-refractivity contribution in [3.8, 4) is 22.5 Å². The maximum absolute atomic E-state index is 13.3. The fraction of sp³-hybridized carbons (Fsp3) is 0.444. The molecule has 1 amide bonds.